The number of aromatic hydroxyl groups is 1. The van der Waals surface area contributed by atoms with Gasteiger partial charge in [-0.25, -0.2) is 9.59 Å². The van der Waals surface area contributed by atoms with E-state index in [1.165, 1.54) is 26.4 Å². The SMILES string of the molecule is COc1cc(OC)c(O)c(-c2c(C(=O)O)c(N)[nH]c(=O)c2C(=O)O)c1. The number of hydrogen-bond acceptors (Lipinski definition) is 7. The maximum Gasteiger partial charge on any atom is 0.342 e. The highest BCUT2D eigenvalue weighted by Crippen LogP contribution is 2.43. The van der Waals surface area contributed by atoms with Crippen molar-refractivity contribution in [3.05, 3.63) is 33.6 Å². The van der Waals surface area contributed by atoms with Gasteiger partial charge in [0.2, 0.25) is 0 Å². The summed E-state index contributed by atoms with van der Waals surface area (Å²) in [5.74, 6) is -4.39. The zero-order chi connectivity index (χ0) is 18.9. The maximum absolute atomic E-state index is 12.0. The van der Waals surface area contributed by atoms with Crippen LogP contribution in [0.4, 0.5) is 5.82 Å². The molecule has 0 saturated carbocycles. The van der Waals surface area contributed by atoms with Crippen LogP contribution >= 0.6 is 0 Å². The molecule has 1 heterocycles. The van der Waals surface area contributed by atoms with Gasteiger partial charge in [0.1, 0.15) is 22.7 Å². The average Bonchev–Trinajstić information content (AvgIpc) is 2.53. The summed E-state index contributed by atoms with van der Waals surface area (Å²) in [6, 6.07) is 2.47. The minimum Gasteiger partial charge on any atom is -0.504 e. The van der Waals surface area contributed by atoms with E-state index in [1.807, 2.05) is 4.98 Å². The summed E-state index contributed by atoms with van der Waals surface area (Å²) in [6.07, 6.45) is 0. The second kappa shape index (κ2) is 6.43. The van der Waals surface area contributed by atoms with Gasteiger partial charge < -0.3 is 35.5 Å². The molecular weight excluding hydrogens is 336 g/mol. The Balaban J connectivity index is 3.08. The van der Waals surface area contributed by atoms with Crippen LogP contribution in [0.2, 0.25) is 0 Å². The quantitative estimate of drug-likeness (QED) is 0.521. The highest BCUT2D eigenvalue weighted by atomic mass is 16.5. The van der Waals surface area contributed by atoms with Crippen LogP contribution in [0, 0.1) is 0 Å². The molecule has 1 aromatic carbocycles. The Morgan fingerprint density at radius 1 is 1.08 bits per heavy atom. The number of pyridine rings is 1. The molecule has 10 nitrogen and oxygen atoms in total. The molecule has 0 spiro atoms. The number of aromatic carboxylic acids is 2. The minimum atomic E-state index is -1.69. The number of nitrogen functional groups attached to an aromatic ring is 1. The van der Waals surface area contributed by atoms with E-state index in [0.717, 1.165) is 0 Å². The van der Waals surface area contributed by atoms with Crippen LogP contribution in [0.15, 0.2) is 16.9 Å². The monoisotopic (exact) mass is 350 g/mol. The fraction of sp³-hybridized carbons (Fsp3) is 0.133. The number of nitrogens with two attached hydrogens (primary N) is 1. The average molecular weight is 350 g/mol. The van der Waals surface area contributed by atoms with E-state index in [9.17, 15) is 29.7 Å². The molecule has 0 fully saturated rings. The number of benzene rings is 1. The predicted molar refractivity (Wildman–Crippen MR) is 85.6 cm³/mol. The Kier molecular flexibility index (Phi) is 4.54. The zero-order valence-corrected chi connectivity index (χ0v) is 13.1. The number of hydrogen-bond donors (Lipinski definition) is 5. The van der Waals surface area contributed by atoms with E-state index >= 15 is 0 Å². The largest absolute Gasteiger partial charge is 0.504 e. The molecule has 2 aromatic rings. The van der Waals surface area contributed by atoms with Gasteiger partial charge in [0.15, 0.2) is 11.5 Å². The molecule has 1 aromatic heterocycles. The molecule has 132 valence electrons. The van der Waals surface area contributed by atoms with Crippen molar-refractivity contribution < 1.29 is 34.4 Å². The second-order valence-corrected chi connectivity index (χ2v) is 4.83. The summed E-state index contributed by atoms with van der Waals surface area (Å²) in [4.78, 5) is 37.1. The van der Waals surface area contributed by atoms with Crippen molar-refractivity contribution in [3.63, 3.8) is 0 Å². The third kappa shape index (κ3) is 2.92. The summed E-state index contributed by atoms with van der Waals surface area (Å²) < 4.78 is 10.0. The van der Waals surface area contributed by atoms with Gasteiger partial charge in [-0.2, -0.15) is 0 Å². The third-order valence-corrected chi connectivity index (χ3v) is 3.45. The van der Waals surface area contributed by atoms with Gasteiger partial charge >= 0.3 is 11.9 Å². The Bertz CT molecular complexity index is 932. The minimum absolute atomic E-state index is 0.110. The molecule has 10 heteroatoms. The van der Waals surface area contributed by atoms with Gasteiger partial charge in [0.05, 0.1) is 14.2 Å². The smallest absolute Gasteiger partial charge is 0.342 e. The maximum atomic E-state index is 12.0. The van der Waals surface area contributed by atoms with Gasteiger partial charge in [0, 0.05) is 17.2 Å². The van der Waals surface area contributed by atoms with Crippen molar-refractivity contribution in [2.45, 2.75) is 0 Å². The molecule has 25 heavy (non-hydrogen) atoms. The highest BCUT2D eigenvalue weighted by molar-refractivity contribution is 6.08. The van der Waals surface area contributed by atoms with Crippen LogP contribution in [0.1, 0.15) is 20.7 Å². The lowest BCUT2D eigenvalue weighted by Crippen LogP contribution is -2.24. The summed E-state index contributed by atoms with van der Waals surface area (Å²) in [5.41, 5.74) is 2.01. The molecule has 2 rings (SSSR count). The molecule has 0 atom stereocenters. The van der Waals surface area contributed by atoms with Crippen LogP contribution in [-0.4, -0.2) is 46.5 Å². The summed E-state index contributed by atoms with van der Waals surface area (Å²) >= 11 is 0. The number of carbonyl (C=O) groups is 2. The molecule has 0 bridgehead atoms. The van der Waals surface area contributed by atoms with Crippen molar-refractivity contribution in [2.75, 3.05) is 20.0 Å². The van der Waals surface area contributed by atoms with E-state index in [0.29, 0.717) is 0 Å². The topological polar surface area (TPSA) is 172 Å². The highest BCUT2D eigenvalue weighted by Gasteiger charge is 2.29. The number of methoxy groups -OCH3 is 2. The normalized spacial score (nSPS) is 10.3. The first-order valence-electron chi connectivity index (χ1n) is 6.70. The van der Waals surface area contributed by atoms with Gasteiger partial charge in [-0.1, -0.05) is 0 Å². The standard InChI is InChI=1S/C15H14N2O8/c1-24-5-3-6(11(18)7(4-5)25-2)8-9(14(20)21)12(16)17-13(19)10(8)15(22)23/h3-4,18H,1-2H3,(H,20,21)(H,22,23)(H3,16,17,19). The molecule has 0 unspecified atom stereocenters. The summed E-state index contributed by atoms with van der Waals surface area (Å²) in [5, 5.41) is 29.1. The number of carboxylic acid groups (broad SMARTS) is 2. The van der Waals surface area contributed by atoms with E-state index in [1.54, 1.807) is 0 Å². The fourth-order valence-corrected chi connectivity index (χ4v) is 2.36. The molecule has 0 aliphatic rings. The number of aromatic amines is 1. The number of rotatable bonds is 5. The summed E-state index contributed by atoms with van der Waals surface area (Å²) in [7, 11) is 2.54. The molecule has 0 saturated heterocycles. The molecule has 0 aliphatic carbocycles. The molecule has 0 aliphatic heterocycles. The van der Waals surface area contributed by atoms with Crippen molar-refractivity contribution in [1.82, 2.24) is 4.98 Å². The molecular formula is C15H14N2O8. The van der Waals surface area contributed by atoms with Crippen molar-refractivity contribution in [1.29, 1.82) is 0 Å². The fourth-order valence-electron chi connectivity index (χ4n) is 2.36. The lowest BCUT2D eigenvalue weighted by molar-refractivity contribution is 0.0695. The van der Waals surface area contributed by atoms with Crippen molar-refractivity contribution >= 4 is 17.8 Å². The first-order chi connectivity index (χ1) is 11.7. The van der Waals surface area contributed by atoms with Gasteiger partial charge in [-0.3, -0.25) is 4.79 Å². The molecule has 6 N–H and O–H groups in total. The van der Waals surface area contributed by atoms with Crippen LogP contribution in [-0.2, 0) is 0 Å². The van der Waals surface area contributed by atoms with E-state index in [-0.39, 0.29) is 17.1 Å². The van der Waals surface area contributed by atoms with Gasteiger partial charge in [-0.15, -0.1) is 0 Å². The Hall–Kier alpha value is -3.69. The van der Waals surface area contributed by atoms with Crippen LogP contribution in [0.5, 0.6) is 17.2 Å². The Morgan fingerprint density at radius 3 is 2.16 bits per heavy atom. The molecule has 0 radical (unpaired) electrons. The number of phenolic OH excluding ortho intramolecular Hbond substituents is 1. The lowest BCUT2D eigenvalue weighted by atomic mass is 9.94. The molecule has 0 amide bonds. The van der Waals surface area contributed by atoms with E-state index < -0.39 is 45.8 Å². The summed E-state index contributed by atoms with van der Waals surface area (Å²) in [6.45, 7) is 0. The van der Waals surface area contributed by atoms with Crippen molar-refractivity contribution in [3.8, 4) is 28.4 Å². The number of aromatic nitrogens is 1. The Labute approximate surface area is 140 Å². The van der Waals surface area contributed by atoms with Crippen LogP contribution < -0.4 is 20.8 Å². The van der Waals surface area contributed by atoms with Crippen molar-refractivity contribution in [2.24, 2.45) is 0 Å². The van der Waals surface area contributed by atoms with Gasteiger partial charge in [0.25, 0.3) is 5.56 Å². The van der Waals surface area contributed by atoms with Gasteiger partial charge in [-0.05, 0) is 6.07 Å². The second-order valence-electron chi connectivity index (χ2n) is 4.83. The lowest BCUT2D eigenvalue weighted by Gasteiger charge is -2.16. The third-order valence-electron chi connectivity index (χ3n) is 3.45. The number of anilines is 1. The number of phenols is 1. The number of carboxylic acids is 2. The predicted octanol–water partition coefficient (Wildman–Crippen LogP) is 0.743. The van der Waals surface area contributed by atoms with E-state index in [2.05, 4.69) is 0 Å². The first kappa shape index (κ1) is 17.7. The number of ether oxygens (including phenoxy) is 2. The van der Waals surface area contributed by atoms with E-state index in [4.69, 9.17) is 15.2 Å². The van der Waals surface area contributed by atoms with Crippen LogP contribution in [0.3, 0.4) is 0 Å². The first-order valence-corrected chi connectivity index (χ1v) is 6.70. The van der Waals surface area contributed by atoms with Crippen LogP contribution in [0.25, 0.3) is 11.1 Å². The number of H-pyrrole nitrogens is 1. The zero-order valence-electron chi connectivity index (χ0n) is 13.1. The number of nitrogens with one attached hydrogen (secondary N) is 1. The Morgan fingerprint density at radius 2 is 1.68 bits per heavy atom.